The van der Waals surface area contributed by atoms with Crippen molar-refractivity contribution in [3.63, 3.8) is 0 Å². The molecule has 0 saturated heterocycles. The Bertz CT molecular complexity index is 461. The minimum absolute atomic E-state index is 0.0547. The lowest BCUT2D eigenvalue weighted by Gasteiger charge is -2.34. The molecule has 0 spiro atoms. The molecule has 21 heavy (non-hydrogen) atoms. The van der Waals surface area contributed by atoms with E-state index in [1.165, 1.54) is 44.9 Å². The molecule has 1 fully saturated rings. The van der Waals surface area contributed by atoms with Crippen LogP contribution in [0.25, 0.3) is 0 Å². The van der Waals surface area contributed by atoms with Crippen LogP contribution < -0.4 is 5.46 Å². The lowest BCUT2D eigenvalue weighted by Crippen LogP contribution is -2.22. The van der Waals surface area contributed by atoms with Crippen LogP contribution in [0.3, 0.4) is 0 Å². The van der Waals surface area contributed by atoms with Gasteiger partial charge in [-0.05, 0) is 61.5 Å². The normalized spacial score (nSPS) is 24.0. The van der Waals surface area contributed by atoms with E-state index in [2.05, 4.69) is 19.9 Å². The lowest BCUT2D eigenvalue weighted by atomic mass is 9.71. The first-order valence-corrected chi connectivity index (χ1v) is 8.84. The zero-order valence-corrected chi connectivity index (χ0v) is 14.2. The Morgan fingerprint density at radius 2 is 1.86 bits per heavy atom. The van der Waals surface area contributed by atoms with Gasteiger partial charge >= 0.3 is 0 Å². The van der Waals surface area contributed by atoms with Crippen LogP contribution in [0.5, 0.6) is 0 Å². The van der Waals surface area contributed by atoms with Gasteiger partial charge in [0, 0.05) is 0 Å². The first kappa shape index (κ1) is 16.6. The molecule has 0 heterocycles. The molecule has 2 heteroatoms. The second-order valence-electron chi connectivity index (χ2n) is 6.98. The fraction of sp³-hybridized carbons (Fsp3) is 0.684. The minimum Gasteiger partial charge on any atom is -0.206 e. The van der Waals surface area contributed by atoms with Crippen molar-refractivity contribution < 1.29 is 4.39 Å². The van der Waals surface area contributed by atoms with E-state index in [1.54, 1.807) is 0 Å². The fourth-order valence-electron chi connectivity index (χ4n) is 4.16. The molecule has 1 aromatic carbocycles. The summed E-state index contributed by atoms with van der Waals surface area (Å²) in [5.74, 6) is 2.26. The molecule has 116 valence electrons. The number of halogens is 1. The average Bonchev–Trinajstić information content (AvgIpc) is 2.51. The summed E-state index contributed by atoms with van der Waals surface area (Å²) in [6.07, 6.45) is 8.88. The van der Waals surface area contributed by atoms with Gasteiger partial charge in [-0.3, -0.25) is 0 Å². The molecule has 1 unspecified atom stereocenters. The highest BCUT2D eigenvalue weighted by Crippen LogP contribution is 2.41. The van der Waals surface area contributed by atoms with E-state index in [9.17, 15) is 4.39 Å². The zero-order valence-electron chi connectivity index (χ0n) is 14.2. The summed E-state index contributed by atoms with van der Waals surface area (Å²) in [6, 6.07) is 4.12. The first-order valence-electron chi connectivity index (χ1n) is 8.84. The highest BCUT2D eigenvalue weighted by molar-refractivity contribution is 6.33. The van der Waals surface area contributed by atoms with E-state index in [1.807, 2.05) is 20.8 Å². The largest absolute Gasteiger partial charge is 0.206 e. The summed E-state index contributed by atoms with van der Waals surface area (Å²) in [5, 5.41) is 0. The van der Waals surface area contributed by atoms with Gasteiger partial charge in [-0.15, -0.1) is 0 Å². The monoisotopic (exact) mass is 288 g/mol. The smallest absolute Gasteiger partial charge is 0.139 e. The quantitative estimate of drug-likeness (QED) is 0.700. The molecule has 1 aliphatic carbocycles. The van der Waals surface area contributed by atoms with Crippen LogP contribution in [0.15, 0.2) is 12.1 Å². The maximum atomic E-state index is 14.5. The summed E-state index contributed by atoms with van der Waals surface area (Å²) >= 11 is 0. The molecule has 1 atom stereocenters. The van der Waals surface area contributed by atoms with Gasteiger partial charge in [-0.25, -0.2) is 4.39 Å². The van der Waals surface area contributed by atoms with Crippen LogP contribution in [-0.2, 0) is 0 Å². The van der Waals surface area contributed by atoms with Gasteiger partial charge in [0.2, 0.25) is 0 Å². The number of rotatable bonds is 5. The molecule has 0 aromatic heterocycles. The average molecular weight is 288 g/mol. The maximum Gasteiger partial charge on any atom is 0.139 e. The molecule has 0 nitrogen and oxygen atoms in total. The molecule has 1 aromatic rings. The van der Waals surface area contributed by atoms with E-state index in [0.29, 0.717) is 5.92 Å². The second kappa shape index (κ2) is 7.47. The van der Waals surface area contributed by atoms with Crippen molar-refractivity contribution in [2.75, 3.05) is 0 Å². The van der Waals surface area contributed by atoms with Crippen molar-refractivity contribution >= 4 is 13.3 Å². The molecule has 2 rings (SSSR count). The Labute approximate surface area is 130 Å². The van der Waals surface area contributed by atoms with Gasteiger partial charge in [0.15, 0.2) is 0 Å². The minimum atomic E-state index is 0.0547. The standard InChI is InChI=1S/C19H30BF/c1-4-6-14(5-2)15-7-9-16(10-8-15)17-11-12-18(20)13(3)19(17)21/h11-12,14-16H,4-10,20H2,1-3H3. The van der Waals surface area contributed by atoms with Gasteiger partial charge in [-0.2, -0.15) is 0 Å². The zero-order chi connectivity index (χ0) is 15.4. The summed E-state index contributed by atoms with van der Waals surface area (Å²) in [4.78, 5) is 0. The molecular formula is C19H30BF. The van der Waals surface area contributed by atoms with Crippen molar-refractivity contribution in [2.24, 2.45) is 11.8 Å². The Kier molecular flexibility index (Phi) is 5.90. The molecule has 0 aliphatic heterocycles. The van der Waals surface area contributed by atoms with Gasteiger partial charge < -0.3 is 0 Å². The fourth-order valence-corrected chi connectivity index (χ4v) is 4.16. The molecule has 0 bridgehead atoms. The van der Waals surface area contributed by atoms with Crippen molar-refractivity contribution in [3.8, 4) is 0 Å². The lowest BCUT2D eigenvalue weighted by molar-refractivity contribution is 0.213. The van der Waals surface area contributed by atoms with E-state index in [-0.39, 0.29) is 5.82 Å². The van der Waals surface area contributed by atoms with Crippen molar-refractivity contribution in [2.45, 2.75) is 71.6 Å². The molecular weight excluding hydrogens is 258 g/mol. The number of hydrogen-bond donors (Lipinski definition) is 0. The van der Waals surface area contributed by atoms with Crippen LogP contribution in [0, 0.1) is 24.6 Å². The van der Waals surface area contributed by atoms with Crippen LogP contribution in [0.1, 0.15) is 75.8 Å². The summed E-state index contributed by atoms with van der Waals surface area (Å²) in [7, 11) is 2.00. The summed E-state index contributed by atoms with van der Waals surface area (Å²) in [6.45, 7) is 6.53. The van der Waals surface area contributed by atoms with Crippen LogP contribution in [-0.4, -0.2) is 7.85 Å². The topological polar surface area (TPSA) is 0 Å². The van der Waals surface area contributed by atoms with Gasteiger partial charge in [0.05, 0.1) is 0 Å². The van der Waals surface area contributed by atoms with Crippen LogP contribution >= 0.6 is 0 Å². The van der Waals surface area contributed by atoms with Crippen LogP contribution in [0.4, 0.5) is 4.39 Å². The van der Waals surface area contributed by atoms with E-state index < -0.39 is 0 Å². The van der Waals surface area contributed by atoms with Crippen molar-refractivity contribution in [1.29, 1.82) is 0 Å². The highest BCUT2D eigenvalue weighted by atomic mass is 19.1. The predicted octanol–water partition coefficient (Wildman–Crippen LogP) is 4.49. The third kappa shape index (κ3) is 3.70. The number of benzene rings is 1. The SMILES string of the molecule is Bc1ccc(C2CCC(C(CC)CCC)CC2)c(F)c1C. The van der Waals surface area contributed by atoms with Gasteiger partial charge in [0.1, 0.15) is 13.7 Å². The van der Waals surface area contributed by atoms with Crippen molar-refractivity contribution in [3.05, 3.63) is 29.1 Å². The van der Waals surface area contributed by atoms with E-state index in [0.717, 1.165) is 28.4 Å². The van der Waals surface area contributed by atoms with E-state index >= 15 is 0 Å². The summed E-state index contributed by atoms with van der Waals surface area (Å²) < 4.78 is 14.5. The Morgan fingerprint density at radius 3 is 2.43 bits per heavy atom. The highest BCUT2D eigenvalue weighted by Gasteiger charge is 2.28. The second-order valence-corrected chi connectivity index (χ2v) is 6.98. The third-order valence-corrected chi connectivity index (χ3v) is 5.75. The third-order valence-electron chi connectivity index (χ3n) is 5.75. The van der Waals surface area contributed by atoms with Gasteiger partial charge in [-0.1, -0.05) is 50.7 Å². The van der Waals surface area contributed by atoms with Crippen molar-refractivity contribution in [1.82, 2.24) is 0 Å². The maximum absolute atomic E-state index is 14.5. The molecule has 1 saturated carbocycles. The summed E-state index contributed by atoms with van der Waals surface area (Å²) in [5.41, 5.74) is 2.88. The van der Waals surface area contributed by atoms with Gasteiger partial charge in [0.25, 0.3) is 0 Å². The molecule has 0 amide bonds. The first-order chi connectivity index (χ1) is 10.1. The Morgan fingerprint density at radius 1 is 1.19 bits per heavy atom. The van der Waals surface area contributed by atoms with Crippen LogP contribution in [0.2, 0.25) is 0 Å². The molecule has 0 N–H and O–H groups in total. The van der Waals surface area contributed by atoms with E-state index in [4.69, 9.17) is 0 Å². The predicted molar refractivity (Wildman–Crippen MR) is 92.7 cm³/mol. The molecule has 0 radical (unpaired) electrons. The Balaban J connectivity index is 2.03. The Hall–Kier alpha value is -0.785. The molecule has 1 aliphatic rings. The number of hydrogen-bond acceptors (Lipinski definition) is 0.